The van der Waals surface area contributed by atoms with Crippen LogP contribution in [0.15, 0.2) is 48.6 Å². The zero-order valence-corrected chi connectivity index (χ0v) is 27.5. The number of carbonyl (C=O) groups excluding carboxylic acids is 1. The largest absolute Gasteiger partial charge is 0.463 e. The zero-order valence-electron chi connectivity index (χ0n) is 27.5. The summed E-state index contributed by atoms with van der Waals surface area (Å²) in [6.45, 7) is 7.25. The number of nitrogens with zero attached hydrogens (tertiary/aromatic N) is 7. The summed E-state index contributed by atoms with van der Waals surface area (Å²) in [5.41, 5.74) is 4.73. The quantitative estimate of drug-likeness (QED) is 0.289. The highest BCUT2D eigenvalue weighted by molar-refractivity contribution is 5.97. The Morgan fingerprint density at radius 3 is 2.67 bits per heavy atom. The second kappa shape index (κ2) is 13.7. The van der Waals surface area contributed by atoms with E-state index in [9.17, 15) is 10.1 Å². The van der Waals surface area contributed by atoms with Gasteiger partial charge in [0.2, 0.25) is 5.91 Å². The minimum Gasteiger partial charge on any atom is -0.463 e. The van der Waals surface area contributed by atoms with E-state index in [1.54, 1.807) is 24.2 Å². The first-order chi connectivity index (χ1) is 22.3. The molecule has 2 aliphatic heterocycles. The fourth-order valence-corrected chi connectivity index (χ4v) is 7.06. The summed E-state index contributed by atoms with van der Waals surface area (Å²) in [6.07, 6.45) is 6.59. The fraction of sp³-hybridized carbons (Fsp3) is 0.500. The standard InChI is InChI=1S/C36H45N7O3/c1-26-8-5-9-27-10-6-11-31(33(26)27)41-18-14-29-30(23-41)38-35(46-25-36(15-16-36)24-40(2)3)39-34(29)42-19-20-43(28(22-42)13-17-37)32(44)12-7-21-45-4/h5-12,28H,13-16,18-25H2,1-4H3/b12-7+. The number of aromatic nitrogens is 2. The van der Waals surface area contributed by atoms with Crippen molar-refractivity contribution >= 4 is 28.2 Å². The van der Waals surface area contributed by atoms with Gasteiger partial charge < -0.3 is 29.1 Å². The monoisotopic (exact) mass is 623 g/mol. The number of hydrogen-bond donors (Lipinski definition) is 0. The average Bonchev–Trinajstić information content (AvgIpc) is 3.81. The first-order valence-electron chi connectivity index (χ1n) is 16.3. The molecule has 46 heavy (non-hydrogen) atoms. The van der Waals surface area contributed by atoms with Gasteiger partial charge in [-0.3, -0.25) is 4.79 Å². The number of aryl methyl sites for hydroxylation is 1. The number of methoxy groups -OCH3 is 1. The number of benzene rings is 2. The molecule has 10 nitrogen and oxygen atoms in total. The molecule has 0 spiro atoms. The van der Waals surface area contributed by atoms with Crippen LogP contribution in [0.3, 0.4) is 0 Å². The molecule has 1 aliphatic carbocycles. The smallest absolute Gasteiger partial charge is 0.318 e. The molecule has 1 amide bonds. The lowest BCUT2D eigenvalue weighted by atomic mass is 9.99. The fourth-order valence-electron chi connectivity index (χ4n) is 7.06. The molecule has 0 radical (unpaired) electrons. The van der Waals surface area contributed by atoms with Gasteiger partial charge in [-0.15, -0.1) is 0 Å². The SMILES string of the molecule is COC/C=C/C(=O)N1CCN(c2nc(OCC3(CN(C)C)CC3)nc3c2CCN(c2cccc4cccc(C)c24)C3)CC1CC#N. The van der Waals surface area contributed by atoms with Crippen LogP contribution in [0.5, 0.6) is 6.01 Å². The van der Waals surface area contributed by atoms with Gasteiger partial charge in [0, 0.05) is 68.0 Å². The van der Waals surface area contributed by atoms with Crippen molar-refractivity contribution in [2.45, 2.75) is 45.2 Å². The maximum absolute atomic E-state index is 13.0. The lowest BCUT2D eigenvalue weighted by Gasteiger charge is -2.42. The number of piperazine rings is 1. The Kier molecular flexibility index (Phi) is 9.43. The second-order valence-electron chi connectivity index (χ2n) is 13.3. The molecule has 0 N–H and O–H groups in total. The van der Waals surface area contributed by atoms with Crippen LogP contribution in [-0.2, 0) is 22.5 Å². The van der Waals surface area contributed by atoms with Gasteiger partial charge in [-0.1, -0.05) is 36.4 Å². The number of hydrogen-bond acceptors (Lipinski definition) is 9. The summed E-state index contributed by atoms with van der Waals surface area (Å²) < 4.78 is 11.5. The number of ether oxygens (including phenoxy) is 2. The molecule has 1 saturated heterocycles. The number of anilines is 2. The number of amides is 1. The van der Waals surface area contributed by atoms with Crippen molar-refractivity contribution in [2.75, 3.05) is 76.9 Å². The summed E-state index contributed by atoms with van der Waals surface area (Å²) in [5.74, 6) is 0.776. The van der Waals surface area contributed by atoms with Gasteiger partial charge in [0.15, 0.2) is 0 Å². The molecule has 1 saturated carbocycles. The van der Waals surface area contributed by atoms with E-state index in [0.717, 1.165) is 49.4 Å². The Morgan fingerprint density at radius 2 is 1.93 bits per heavy atom. The van der Waals surface area contributed by atoms with Crippen LogP contribution in [0.2, 0.25) is 0 Å². The summed E-state index contributed by atoms with van der Waals surface area (Å²) in [5, 5.41) is 12.2. The third kappa shape index (κ3) is 6.81. The van der Waals surface area contributed by atoms with Crippen LogP contribution in [0.1, 0.15) is 36.1 Å². The molecule has 3 aliphatic rings. The number of fused-ring (bicyclic) bond motifs is 2. The normalized spacial score (nSPS) is 19.0. The van der Waals surface area contributed by atoms with Crippen molar-refractivity contribution in [2.24, 2.45) is 5.41 Å². The third-order valence-corrected chi connectivity index (χ3v) is 9.49. The van der Waals surface area contributed by atoms with E-state index in [-0.39, 0.29) is 23.8 Å². The van der Waals surface area contributed by atoms with Crippen molar-refractivity contribution < 1.29 is 14.3 Å². The van der Waals surface area contributed by atoms with Crippen LogP contribution < -0.4 is 14.5 Å². The van der Waals surface area contributed by atoms with E-state index in [0.29, 0.717) is 45.4 Å². The van der Waals surface area contributed by atoms with Crippen molar-refractivity contribution in [3.63, 3.8) is 0 Å². The predicted octanol–water partition coefficient (Wildman–Crippen LogP) is 4.36. The molecular weight excluding hydrogens is 578 g/mol. The van der Waals surface area contributed by atoms with Gasteiger partial charge in [0.25, 0.3) is 0 Å². The molecule has 0 bridgehead atoms. The summed E-state index contributed by atoms with van der Waals surface area (Å²) >= 11 is 0. The minimum atomic E-state index is -0.248. The van der Waals surface area contributed by atoms with Crippen LogP contribution in [0, 0.1) is 23.7 Å². The van der Waals surface area contributed by atoms with Crippen LogP contribution in [0.25, 0.3) is 10.8 Å². The highest BCUT2D eigenvalue weighted by Crippen LogP contribution is 2.46. The maximum Gasteiger partial charge on any atom is 0.318 e. The third-order valence-electron chi connectivity index (χ3n) is 9.49. The molecule has 1 unspecified atom stereocenters. The lowest BCUT2D eigenvalue weighted by molar-refractivity contribution is -0.128. The zero-order chi connectivity index (χ0) is 32.3. The maximum atomic E-state index is 13.0. The van der Waals surface area contributed by atoms with Gasteiger partial charge in [0.05, 0.1) is 44.0 Å². The van der Waals surface area contributed by atoms with Crippen molar-refractivity contribution in [1.29, 1.82) is 5.26 Å². The highest BCUT2D eigenvalue weighted by atomic mass is 16.5. The molecular formula is C36H45N7O3. The van der Waals surface area contributed by atoms with Gasteiger partial charge in [-0.05, 0) is 57.3 Å². The minimum absolute atomic E-state index is 0.0951. The molecule has 242 valence electrons. The Hall–Kier alpha value is -4.20. The molecule has 1 aromatic heterocycles. The van der Waals surface area contributed by atoms with Crippen LogP contribution in [0.4, 0.5) is 11.5 Å². The van der Waals surface area contributed by atoms with Gasteiger partial charge in [0.1, 0.15) is 5.82 Å². The molecule has 3 aromatic rings. The van der Waals surface area contributed by atoms with Gasteiger partial charge in [-0.2, -0.15) is 15.2 Å². The van der Waals surface area contributed by atoms with E-state index in [4.69, 9.17) is 19.4 Å². The average molecular weight is 624 g/mol. The van der Waals surface area contributed by atoms with E-state index in [1.165, 1.54) is 22.0 Å². The van der Waals surface area contributed by atoms with Crippen LogP contribution in [-0.4, -0.2) is 98.9 Å². The van der Waals surface area contributed by atoms with Gasteiger partial charge in [-0.25, -0.2) is 0 Å². The number of rotatable bonds is 11. The number of nitriles is 1. The molecule has 6 rings (SSSR count). The lowest BCUT2D eigenvalue weighted by Crippen LogP contribution is -2.55. The van der Waals surface area contributed by atoms with Crippen molar-refractivity contribution in [3.05, 3.63) is 65.4 Å². The topological polar surface area (TPSA) is 98.1 Å². The Bertz CT molecular complexity index is 1640. The molecule has 10 heteroatoms. The summed E-state index contributed by atoms with van der Waals surface area (Å²) in [7, 11) is 5.81. The molecule has 1 atom stereocenters. The molecule has 2 aromatic carbocycles. The first kappa shape index (κ1) is 31.8. The predicted molar refractivity (Wildman–Crippen MR) is 180 cm³/mol. The summed E-state index contributed by atoms with van der Waals surface area (Å²) in [4.78, 5) is 31.8. The van der Waals surface area contributed by atoms with Crippen molar-refractivity contribution in [1.82, 2.24) is 19.8 Å². The van der Waals surface area contributed by atoms with E-state index < -0.39 is 0 Å². The Labute approximate surface area is 272 Å². The second-order valence-corrected chi connectivity index (χ2v) is 13.3. The van der Waals surface area contributed by atoms with Crippen molar-refractivity contribution in [3.8, 4) is 12.1 Å². The number of carbonyl (C=O) groups is 1. The molecule has 3 heterocycles. The van der Waals surface area contributed by atoms with Crippen LogP contribution >= 0.6 is 0 Å². The molecule has 2 fully saturated rings. The van der Waals surface area contributed by atoms with E-state index in [2.05, 4.69) is 78.2 Å². The first-order valence-corrected chi connectivity index (χ1v) is 16.3. The summed E-state index contributed by atoms with van der Waals surface area (Å²) in [6, 6.07) is 15.4. The van der Waals surface area contributed by atoms with E-state index >= 15 is 0 Å². The Balaban J connectivity index is 1.31. The Morgan fingerprint density at radius 1 is 1.13 bits per heavy atom. The van der Waals surface area contributed by atoms with E-state index in [1.807, 2.05) is 0 Å². The van der Waals surface area contributed by atoms with Gasteiger partial charge >= 0.3 is 6.01 Å². The highest BCUT2D eigenvalue weighted by Gasteiger charge is 2.44.